The van der Waals surface area contributed by atoms with Crippen molar-refractivity contribution in [3.63, 3.8) is 0 Å². The Bertz CT molecular complexity index is 586. The van der Waals surface area contributed by atoms with Crippen LogP contribution in [0.5, 0.6) is 11.5 Å². The lowest BCUT2D eigenvalue weighted by molar-refractivity contribution is 0.372. The van der Waals surface area contributed by atoms with Gasteiger partial charge in [-0.2, -0.15) is 0 Å². The van der Waals surface area contributed by atoms with Crippen LogP contribution in [0.2, 0.25) is 0 Å². The van der Waals surface area contributed by atoms with Crippen LogP contribution in [-0.2, 0) is 6.54 Å². The highest BCUT2D eigenvalue weighted by Crippen LogP contribution is 2.26. The normalized spacial score (nSPS) is 12.2. The van der Waals surface area contributed by atoms with Crippen LogP contribution >= 0.6 is 0 Å². The third-order valence-corrected chi connectivity index (χ3v) is 3.21. The van der Waals surface area contributed by atoms with Gasteiger partial charge in [-0.25, -0.2) is 4.39 Å². The maximum atomic E-state index is 13.2. The van der Waals surface area contributed by atoms with Crippen LogP contribution in [0.3, 0.4) is 0 Å². The van der Waals surface area contributed by atoms with Crippen molar-refractivity contribution in [1.82, 2.24) is 5.32 Å². The van der Waals surface area contributed by atoms with Gasteiger partial charge in [0, 0.05) is 12.6 Å². The van der Waals surface area contributed by atoms with Crippen molar-refractivity contribution < 1.29 is 14.2 Å². The van der Waals surface area contributed by atoms with Gasteiger partial charge >= 0.3 is 0 Å². The van der Waals surface area contributed by atoms with Gasteiger partial charge < -0.3 is 15.2 Å². The third-order valence-electron chi connectivity index (χ3n) is 3.21. The molecule has 0 saturated carbocycles. The van der Waals surface area contributed by atoms with Crippen LogP contribution in [0.15, 0.2) is 42.5 Å². The number of halogens is 1. The largest absolute Gasteiger partial charge is 0.504 e. The van der Waals surface area contributed by atoms with Gasteiger partial charge in [-0.15, -0.1) is 0 Å². The number of benzene rings is 2. The fourth-order valence-electron chi connectivity index (χ4n) is 2.00. The first-order valence-electron chi connectivity index (χ1n) is 6.45. The standard InChI is InChI=1S/C16H18FNO2/c1-11(13-4-3-5-14(17)9-13)18-10-12-6-7-15(19)16(8-12)20-2/h3-9,11,18-19H,10H2,1-2H3/t11-/m0/s1. The summed E-state index contributed by atoms with van der Waals surface area (Å²) < 4.78 is 18.2. The summed E-state index contributed by atoms with van der Waals surface area (Å²) in [7, 11) is 1.52. The lowest BCUT2D eigenvalue weighted by Crippen LogP contribution is -2.18. The van der Waals surface area contributed by atoms with Crippen molar-refractivity contribution in [3.05, 3.63) is 59.4 Å². The first kappa shape index (κ1) is 14.3. The Morgan fingerprint density at radius 1 is 1.25 bits per heavy atom. The minimum Gasteiger partial charge on any atom is -0.504 e. The maximum absolute atomic E-state index is 13.2. The molecule has 0 bridgehead atoms. The zero-order chi connectivity index (χ0) is 14.5. The van der Waals surface area contributed by atoms with Gasteiger partial charge in [-0.05, 0) is 42.3 Å². The molecule has 0 radical (unpaired) electrons. The van der Waals surface area contributed by atoms with Crippen LogP contribution in [0.4, 0.5) is 4.39 Å². The summed E-state index contributed by atoms with van der Waals surface area (Å²) in [4.78, 5) is 0. The molecule has 0 aliphatic rings. The molecule has 0 aliphatic heterocycles. The molecule has 2 aromatic carbocycles. The van der Waals surface area contributed by atoms with Gasteiger partial charge in [0.25, 0.3) is 0 Å². The molecule has 0 amide bonds. The van der Waals surface area contributed by atoms with E-state index in [1.54, 1.807) is 18.2 Å². The van der Waals surface area contributed by atoms with E-state index in [2.05, 4.69) is 5.32 Å². The van der Waals surface area contributed by atoms with E-state index in [1.807, 2.05) is 19.1 Å². The first-order valence-corrected chi connectivity index (χ1v) is 6.45. The number of ether oxygens (including phenoxy) is 1. The van der Waals surface area contributed by atoms with E-state index < -0.39 is 0 Å². The molecular weight excluding hydrogens is 257 g/mol. The molecule has 0 saturated heterocycles. The van der Waals surface area contributed by atoms with Crippen LogP contribution in [0, 0.1) is 5.82 Å². The van der Waals surface area contributed by atoms with Gasteiger partial charge in [0.2, 0.25) is 0 Å². The summed E-state index contributed by atoms with van der Waals surface area (Å²) >= 11 is 0. The van der Waals surface area contributed by atoms with Crippen LogP contribution < -0.4 is 10.1 Å². The van der Waals surface area contributed by atoms with Gasteiger partial charge in [-0.3, -0.25) is 0 Å². The molecule has 0 unspecified atom stereocenters. The lowest BCUT2D eigenvalue weighted by atomic mass is 10.1. The molecular formula is C16H18FNO2. The number of hydrogen-bond donors (Lipinski definition) is 2. The Morgan fingerprint density at radius 3 is 2.75 bits per heavy atom. The summed E-state index contributed by atoms with van der Waals surface area (Å²) in [5.74, 6) is 0.333. The molecule has 2 rings (SSSR count). The summed E-state index contributed by atoms with van der Waals surface area (Å²) in [6, 6.07) is 11.8. The third kappa shape index (κ3) is 3.48. The van der Waals surface area contributed by atoms with Crippen molar-refractivity contribution in [2.75, 3.05) is 7.11 Å². The summed E-state index contributed by atoms with van der Waals surface area (Å²) in [5, 5.41) is 12.8. The average Bonchev–Trinajstić information content (AvgIpc) is 2.46. The van der Waals surface area contributed by atoms with Crippen LogP contribution in [0.25, 0.3) is 0 Å². The number of nitrogens with one attached hydrogen (secondary N) is 1. The van der Waals surface area contributed by atoms with Gasteiger partial charge in [0.15, 0.2) is 11.5 Å². The monoisotopic (exact) mass is 275 g/mol. The minimum atomic E-state index is -0.234. The zero-order valence-electron chi connectivity index (χ0n) is 11.6. The molecule has 3 nitrogen and oxygen atoms in total. The van der Waals surface area contributed by atoms with Gasteiger partial charge in [-0.1, -0.05) is 18.2 Å². The van der Waals surface area contributed by atoms with Crippen molar-refractivity contribution in [1.29, 1.82) is 0 Å². The topological polar surface area (TPSA) is 41.5 Å². The van der Waals surface area contributed by atoms with Crippen molar-refractivity contribution >= 4 is 0 Å². The van der Waals surface area contributed by atoms with E-state index in [0.29, 0.717) is 12.3 Å². The minimum absolute atomic E-state index is 0.0329. The average molecular weight is 275 g/mol. The summed E-state index contributed by atoms with van der Waals surface area (Å²) in [5.41, 5.74) is 1.89. The smallest absolute Gasteiger partial charge is 0.160 e. The van der Waals surface area contributed by atoms with E-state index in [0.717, 1.165) is 11.1 Å². The fraction of sp³-hybridized carbons (Fsp3) is 0.250. The Balaban J connectivity index is 2.01. The van der Waals surface area contributed by atoms with E-state index in [1.165, 1.54) is 19.2 Å². The molecule has 1 atom stereocenters. The molecule has 0 fully saturated rings. The number of aromatic hydroxyl groups is 1. The Hall–Kier alpha value is -2.07. The van der Waals surface area contributed by atoms with E-state index >= 15 is 0 Å². The molecule has 106 valence electrons. The highest BCUT2D eigenvalue weighted by molar-refractivity contribution is 5.41. The number of methoxy groups -OCH3 is 1. The molecule has 2 N–H and O–H groups in total. The number of rotatable bonds is 5. The SMILES string of the molecule is COc1cc(CN[C@@H](C)c2cccc(F)c2)ccc1O. The molecule has 2 aromatic rings. The highest BCUT2D eigenvalue weighted by Gasteiger charge is 2.07. The molecule has 0 aliphatic carbocycles. The molecule has 0 aromatic heterocycles. The van der Waals surface area contributed by atoms with Gasteiger partial charge in [0.05, 0.1) is 7.11 Å². The van der Waals surface area contributed by atoms with Crippen LogP contribution in [-0.4, -0.2) is 12.2 Å². The first-order chi connectivity index (χ1) is 9.60. The lowest BCUT2D eigenvalue weighted by Gasteiger charge is -2.15. The second-order valence-corrected chi connectivity index (χ2v) is 4.66. The predicted octanol–water partition coefficient (Wildman–Crippen LogP) is 3.39. The predicted molar refractivity (Wildman–Crippen MR) is 76.3 cm³/mol. The van der Waals surface area contributed by atoms with Crippen molar-refractivity contribution in [3.8, 4) is 11.5 Å². The maximum Gasteiger partial charge on any atom is 0.160 e. The Kier molecular flexibility index (Phi) is 4.58. The van der Waals surface area contributed by atoms with E-state index in [4.69, 9.17) is 4.74 Å². The summed E-state index contributed by atoms with van der Waals surface area (Å²) in [6.07, 6.45) is 0. The second kappa shape index (κ2) is 6.39. The van der Waals surface area contributed by atoms with Crippen molar-refractivity contribution in [2.24, 2.45) is 0 Å². The zero-order valence-corrected chi connectivity index (χ0v) is 11.6. The second-order valence-electron chi connectivity index (χ2n) is 4.66. The molecule has 0 heterocycles. The number of phenols is 1. The highest BCUT2D eigenvalue weighted by atomic mass is 19.1. The Labute approximate surface area is 118 Å². The molecule has 4 heteroatoms. The molecule has 0 spiro atoms. The number of hydrogen-bond acceptors (Lipinski definition) is 3. The number of phenolic OH excluding ortho intramolecular Hbond substituents is 1. The Morgan fingerprint density at radius 2 is 2.05 bits per heavy atom. The summed E-state index contributed by atoms with van der Waals surface area (Å²) in [6.45, 7) is 2.58. The quantitative estimate of drug-likeness (QED) is 0.879. The van der Waals surface area contributed by atoms with Crippen molar-refractivity contribution in [2.45, 2.75) is 19.5 Å². The van der Waals surface area contributed by atoms with Crippen LogP contribution in [0.1, 0.15) is 24.1 Å². The molecule has 20 heavy (non-hydrogen) atoms. The fourth-order valence-corrected chi connectivity index (χ4v) is 2.00. The van der Waals surface area contributed by atoms with E-state index in [9.17, 15) is 9.50 Å². The van der Waals surface area contributed by atoms with Gasteiger partial charge in [0.1, 0.15) is 5.82 Å². The van der Waals surface area contributed by atoms with E-state index in [-0.39, 0.29) is 17.6 Å².